The molecular formula is C23H29N3OS2. The molecule has 4 nitrogen and oxygen atoms in total. The normalized spacial score (nSPS) is 18.9. The maximum atomic E-state index is 6.18. The standard InChI is InChI=1S/C23H29N3OS2/c1-5-23(4)13-17-18(14-27-23)29-21-19(17)20(25-22(26-21)28-15(2)3)24-12-11-16-9-7-6-8-10-16/h6-10,15H,5,11-14H2,1-4H3,(H,24,25,26)/t23-/m1/s1. The van der Waals surface area contributed by atoms with Crippen LogP contribution in [0.1, 0.15) is 50.1 Å². The molecule has 0 saturated heterocycles. The quantitative estimate of drug-likeness (QED) is 0.365. The van der Waals surface area contributed by atoms with Crippen molar-refractivity contribution in [2.24, 2.45) is 0 Å². The first-order valence-electron chi connectivity index (χ1n) is 10.4. The van der Waals surface area contributed by atoms with E-state index < -0.39 is 0 Å². The number of fused-ring (bicyclic) bond motifs is 3. The van der Waals surface area contributed by atoms with Gasteiger partial charge < -0.3 is 10.1 Å². The molecule has 4 rings (SSSR count). The summed E-state index contributed by atoms with van der Waals surface area (Å²) < 4.78 is 6.18. The van der Waals surface area contributed by atoms with Crippen molar-refractivity contribution in [3.63, 3.8) is 0 Å². The number of anilines is 1. The van der Waals surface area contributed by atoms with E-state index in [1.165, 1.54) is 21.4 Å². The molecular weight excluding hydrogens is 398 g/mol. The minimum atomic E-state index is -0.104. The molecule has 0 bridgehead atoms. The second-order valence-corrected chi connectivity index (χ2v) is 10.8. The Morgan fingerprint density at radius 3 is 2.76 bits per heavy atom. The number of thiophene rings is 1. The highest BCUT2D eigenvalue weighted by Gasteiger charge is 2.33. The summed E-state index contributed by atoms with van der Waals surface area (Å²) in [5, 5.41) is 6.14. The van der Waals surface area contributed by atoms with E-state index in [2.05, 4.69) is 63.3 Å². The number of ether oxygens (including phenoxy) is 1. The highest BCUT2D eigenvalue weighted by atomic mass is 32.2. The molecule has 0 amide bonds. The van der Waals surface area contributed by atoms with Crippen molar-refractivity contribution in [2.75, 3.05) is 11.9 Å². The molecule has 1 atom stereocenters. The van der Waals surface area contributed by atoms with Crippen molar-refractivity contribution in [3.05, 3.63) is 46.3 Å². The zero-order valence-corrected chi connectivity index (χ0v) is 19.3. The maximum absolute atomic E-state index is 6.18. The van der Waals surface area contributed by atoms with Crippen molar-refractivity contribution in [1.82, 2.24) is 9.97 Å². The van der Waals surface area contributed by atoms with E-state index in [4.69, 9.17) is 14.7 Å². The Hall–Kier alpha value is -1.63. The minimum absolute atomic E-state index is 0.104. The van der Waals surface area contributed by atoms with Gasteiger partial charge in [-0.2, -0.15) is 0 Å². The fraction of sp³-hybridized carbons (Fsp3) is 0.478. The molecule has 0 unspecified atom stereocenters. The van der Waals surface area contributed by atoms with Crippen LogP contribution in [0.25, 0.3) is 10.2 Å². The Labute approximate surface area is 181 Å². The highest BCUT2D eigenvalue weighted by molar-refractivity contribution is 7.99. The highest BCUT2D eigenvalue weighted by Crippen LogP contribution is 2.42. The summed E-state index contributed by atoms with van der Waals surface area (Å²) >= 11 is 3.49. The second-order valence-electron chi connectivity index (χ2n) is 8.14. The Morgan fingerprint density at radius 2 is 2.03 bits per heavy atom. The first-order chi connectivity index (χ1) is 14.0. The summed E-state index contributed by atoms with van der Waals surface area (Å²) in [4.78, 5) is 12.2. The molecule has 0 radical (unpaired) electrons. The van der Waals surface area contributed by atoms with Gasteiger partial charge in [-0.3, -0.25) is 0 Å². The molecule has 3 heterocycles. The van der Waals surface area contributed by atoms with Gasteiger partial charge in [-0.1, -0.05) is 62.9 Å². The minimum Gasteiger partial charge on any atom is -0.369 e. The number of aromatic nitrogens is 2. The average Bonchev–Trinajstić information content (AvgIpc) is 3.05. The van der Waals surface area contributed by atoms with Crippen molar-refractivity contribution in [1.29, 1.82) is 0 Å². The van der Waals surface area contributed by atoms with Gasteiger partial charge in [0.2, 0.25) is 0 Å². The molecule has 1 aliphatic heterocycles. The smallest absolute Gasteiger partial charge is 0.191 e. The SMILES string of the molecule is CC[C@]1(C)Cc2c(sc3nc(SC(C)C)nc(NCCc4ccccc4)c23)CO1. The van der Waals surface area contributed by atoms with Crippen molar-refractivity contribution < 1.29 is 4.74 Å². The maximum Gasteiger partial charge on any atom is 0.191 e. The van der Waals surface area contributed by atoms with Gasteiger partial charge >= 0.3 is 0 Å². The van der Waals surface area contributed by atoms with Crippen LogP contribution < -0.4 is 5.32 Å². The van der Waals surface area contributed by atoms with Crippen molar-refractivity contribution in [2.45, 2.75) is 69.6 Å². The Balaban J connectivity index is 1.68. The largest absolute Gasteiger partial charge is 0.369 e. The third kappa shape index (κ3) is 4.60. The summed E-state index contributed by atoms with van der Waals surface area (Å²) in [6.45, 7) is 10.3. The van der Waals surface area contributed by atoms with E-state index in [-0.39, 0.29) is 5.60 Å². The van der Waals surface area contributed by atoms with Crippen LogP contribution in [0.5, 0.6) is 0 Å². The summed E-state index contributed by atoms with van der Waals surface area (Å²) in [6, 6.07) is 10.6. The molecule has 0 saturated carbocycles. The molecule has 1 aliphatic rings. The molecule has 0 spiro atoms. The zero-order chi connectivity index (χ0) is 20.4. The van der Waals surface area contributed by atoms with E-state index in [0.717, 1.165) is 41.6 Å². The van der Waals surface area contributed by atoms with Gasteiger partial charge in [-0.05, 0) is 30.9 Å². The fourth-order valence-corrected chi connectivity index (χ4v) is 5.51. The van der Waals surface area contributed by atoms with Crippen molar-refractivity contribution >= 4 is 39.1 Å². The van der Waals surface area contributed by atoms with Gasteiger partial charge in [0, 0.05) is 23.1 Å². The lowest BCUT2D eigenvalue weighted by atomic mass is 9.90. The van der Waals surface area contributed by atoms with Gasteiger partial charge in [0.15, 0.2) is 5.16 Å². The summed E-state index contributed by atoms with van der Waals surface area (Å²) in [5.74, 6) is 0.979. The summed E-state index contributed by atoms with van der Waals surface area (Å²) in [5.41, 5.74) is 2.61. The van der Waals surface area contributed by atoms with Crippen LogP contribution >= 0.6 is 23.1 Å². The lowest BCUT2D eigenvalue weighted by Crippen LogP contribution is -2.34. The molecule has 154 valence electrons. The van der Waals surface area contributed by atoms with Gasteiger partial charge in [-0.25, -0.2) is 9.97 Å². The lowest BCUT2D eigenvalue weighted by molar-refractivity contribution is -0.0542. The molecule has 3 aromatic rings. The molecule has 6 heteroatoms. The van der Waals surface area contributed by atoms with Crippen LogP contribution in [0.4, 0.5) is 5.82 Å². The molecule has 0 fully saturated rings. The third-order valence-corrected chi connectivity index (χ3v) is 7.42. The summed E-state index contributed by atoms with van der Waals surface area (Å²) in [7, 11) is 0. The predicted molar refractivity (Wildman–Crippen MR) is 124 cm³/mol. The molecule has 2 aromatic heterocycles. The predicted octanol–water partition coefficient (Wildman–Crippen LogP) is 6.09. The third-order valence-electron chi connectivity index (χ3n) is 5.45. The van der Waals surface area contributed by atoms with Crippen LogP contribution in [-0.4, -0.2) is 27.4 Å². The monoisotopic (exact) mass is 427 g/mol. The first-order valence-corrected chi connectivity index (χ1v) is 12.1. The second kappa shape index (κ2) is 8.62. The molecule has 1 aromatic carbocycles. The van der Waals surface area contributed by atoms with E-state index >= 15 is 0 Å². The Bertz CT molecular complexity index is 987. The van der Waals surface area contributed by atoms with Crippen LogP contribution in [0.3, 0.4) is 0 Å². The number of thioether (sulfide) groups is 1. The Morgan fingerprint density at radius 1 is 1.24 bits per heavy atom. The van der Waals surface area contributed by atoms with Crippen LogP contribution in [-0.2, 0) is 24.2 Å². The Kier molecular flexibility index (Phi) is 6.13. The summed E-state index contributed by atoms with van der Waals surface area (Å²) in [6.07, 6.45) is 2.90. The fourth-order valence-electron chi connectivity index (χ4n) is 3.64. The lowest BCUT2D eigenvalue weighted by Gasteiger charge is -2.33. The average molecular weight is 428 g/mol. The van der Waals surface area contributed by atoms with Gasteiger partial charge in [0.25, 0.3) is 0 Å². The first kappa shape index (κ1) is 20.6. The van der Waals surface area contributed by atoms with Gasteiger partial charge in [-0.15, -0.1) is 11.3 Å². The number of hydrogen-bond donors (Lipinski definition) is 1. The van der Waals surface area contributed by atoms with Crippen LogP contribution in [0.2, 0.25) is 0 Å². The van der Waals surface area contributed by atoms with Gasteiger partial charge in [0.1, 0.15) is 10.6 Å². The topological polar surface area (TPSA) is 47.0 Å². The van der Waals surface area contributed by atoms with E-state index in [9.17, 15) is 0 Å². The molecule has 0 aliphatic carbocycles. The number of nitrogens with one attached hydrogen (secondary N) is 1. The number of hydrogen-bond acceptors (Lipinski definition) is 6. The van der Waals surface area contributed by atoms with Gasteiger partial charge in [0.05, 0.1) is 17.6 Å². The number of nitrogens with zero attached hydrogens (tertiary/aromatic N) is 2. The zero-order valence-electron chi connectivity index (χ0n) is 17.6. The molecule has 1 N–H and O–H groups in total. The van der Waals surface area contributed by atoms with Crippen LogP contribution in [0.15, 0.2) is 35.5 Å². The van der Waals surface area contributed by atoms with E-state index in [1.54, 1.807) is 23.1 Å². The van der Waals surface area contributed by atoms with E-state index in [1.807, 2.05) is 0 Å². The number of rotatable bonds is 7. The number of benzene rings is 1. The molecule has 29 heavy (non-hydrogen) atoms. The van der Waals surface area contributed by atoms with E-state index in [0.29, 0.717) is 11.9 Å². The van der Waals surface area contributed by atoms with Crippen LogP contribution in [0, 0.1) is 0 Å². The van der Waals surface area contributed by atoms with Crippen molar-refractivity contribution in [3.8, 4) is 0 Å².